The van der Waals surface area contributed by atoms with Crippen LogP contribution in [0.15, 0.2) is 12.1 Å². The van der Waals surface area contributed by atoms with Gasteiger partial charge in [0.25, 0.3) is 0 Å². The molecular formula is C6H2F5N. The monoisotopic (exact) mass is 183 g/mol. The number of halogens is 5. The van der Waals surface area contributed by atoms with Crippen molar-refractivity contribution in [2.24, 2.45) is 0 Å². The summed E-state index contributed by atoms with van der Waals surface area (Å²) >= 11 is 0. The highest BCUT2D eigenvalue weighted by atomic mass is 19.4. The maximum Gasteiger partial charge on any atom is 0.436 e. The standard InChI is InChI=1S/C6H2F5N/c7-3-1-2-4(8)12-5(3)6(9,10)11/h1-2H. The SMILES string of the molecule is Fc1ccc(F)c(C(F)(F)F)n1. The Morgan fingerprint density at radius 3 is 2.08 bits per heavy atom. The Morgan fingerprint density at radius 2 is 1.67 bits per heavy atom. The van der Waals surface area contributed by atoms with Crippen molar-refractivity contribution in [2.75, 3.05) is 0 Å². The van der Waals surface area contributed by atoms with E-state index in [4.69, 9.17) is 0 Å². The summed E-state index contributed by atoms with van der Waals surface area (Å²) in [5.41, 5.74) is -1.83. The van der Waals surface area contributed by atoms with E-state index >= 15 is 0 Å². The van der Waals surface area contributed by atoms with Crippen LogP contribution in [0.4, 0.5) is 22.0 Å². The van der Waals surface area contributed by atoms with Crippen molar-refractivity contribution in [3.05, 3.63) is 29.6 Å². The first-order valence-electron chi connectivity index (χ1n) is 2.80. The van der Waals surface area contributed by atoms with Gasteiger partial charge in [-0.1, -0.05) is 0 Å². The maximum absolute atomic E-state index is 12.3. The zero-order valence-corrected chi connectivity index (χ0v) is 5.49. The van der Waals surface area contributed by atoms with Crippen molar-refractivity contribution in [1.82, 2.24) is 4.98 Å². The van der Waals surface area contributed by atoms with Crippen molar-refractivity contribution in [2.45, 2.75) is 6.18 Å². The van der Waals surface area contributed by atoms with Gasteiger partial charge < -0.3 is 0 Å². The van der Waals surface area contributed by atoms with E-state index in [1.54, 1.807) is 0 Å². The molecule has 6 heteroatoms. The van der Waals surface area contributed by atoms with Gasteiger partial charge in [-0.05, 0) is 12.1 Å². The van der Waals surface area contributed by atoms with E-state index in [9.17, 15) is 22.0 Å². The number of rotatable bonds is 0. The van der Waals surface area contributed by atoms with Gasteiger partial charge in [-0.2, -0.15) is 17.6 Å². The molecule has 0 aliphatic heterocycles. The average Bonchev–Trinajstić information content (AvgIpc) is 1.92. The summed E-state index contributed by atoms with van der Waals surface area (Å²) < 4.78 is 59.7. The average molecular weight is 183 g/mol. The van der Waals surface area contributed by atoms with Crippen molar-refractivity contribution in [1.29, 1.82) is 0 Å². The summed E-state index contributed by atoms with van der Waals surface area (Å²) in [7, 11) is 0. The molecule has 0 aliphatic carbocycles. The molecule has 0 fully saturated rings. The van der Waals surface area contributed by atoms with E-state index in [-0.39, 0.29) is 0 Å². The quantitative estimate of drug-likeness (QED) is 0.444. The highest BCUT2D eigenvalue weighted by Gasteiger charge is 2.36. The molecule has 0 aliphatic rings. The third-order valence-corrected chi connectivity index (χ3v) is 1.08. The molecule has 66 valence electrons. The lowest BCUT2D eigenvalue weighted by Crippen LogP contribution is -2.11. The number of nitrogens with zero attached hydrogens (tertiary/aromatic N) is 1. The number of aromatic nitrogens is 1. The second-order valence-electron chi connectivity index (χ2n) is 1.96. The van der Waals surface area contributed by atoms with E-state index < -0.39 is 23.6 Å². The first-order valence-corrected chi connectivity index (χ1v) is 2.80. The fraction of sp³-hybridized carbons (Fsp3) is 0.167. The van der Waals surface area contributed by atoms with Crippen molar-refractivity contribution < 1.29 is 22.0 Å². The van der Waals surface area contributed by atoms with Crippen LogP contribution in [0.25, 0.3) is 0 Å². The van der Waals surface area contributed by atoms with Crippen LogP contribution in [0.2, 0.25) is 0 Å². The molecule has 0 amide bonds. The molecule has 12 heavy (non-hydrogen) atoms. The number of hydrogen-bond donors (Lipinski definition) is 0. The van der Waals surface area contributed by atoms with Gasteiger partial charge in [-0.15, -0.1) is 0 Å². The highest BCUT2D eigenvalue weighted by Crippen LogP contribution is 2.29. The van der Waals surface area contributed by atoms with Crippen molar-refractivity contribution in [3.63, 3.8) is 0 Å². The molecule has 1 aromatic rings. The first kappa shape index (κ1) is 8.89. The molecular weight excluding hydrogens is 181 g/mol. The predicted octanol–water partition coefficient (Wildman–Crippen LogP) is 2.38. The lowest BCUT2D eigenvalue weighted by molar-refractivity contribution is -0.144. The number of alkyl halides is 3. The fourth-order valence-electron chi connectivity index (χ4n) is 0.617. The second kappa shape index (κ2) is 2.69. The summed E-state index contributed by atoms with van der Waals surface area (Å²) in [5.74, 6) is -2.94. The van der Waals surface area contributed by atoms with Crippen LogP contribution in [0.5, 0.6) is 0 Å². The number of hydrogen-bond acceptors (Lipinski definition) is 1. The van der Waals surface area contributed by atoms with Gasteiger partial charge in [-0.25, -0.2) is 9.37 Å². The molecule has 0 spiro atoms. The van der Waals surface area contributed by atoms with Crippen LogP contribution >= 0.6 is 0 Å². The Kier molecular flexibility index (Phi) is 1.99. The van der Waals surface area contributed by atoms with E-state index in [0.717, 1.165) is 0 Å². The lowest BCUT2D eigenvalue weighted by atomic mass is 10.3. The molecule has 0 saturated heterocycles. The lowest BCUT2D eigenvalue weighted by Gasteiger charge is -2.05. The molecule has 0 bridgehead atoms. The topological polar surface area (TPSA) is 12.9 Å². The van der Waals surface area contributed by atoms with Crippen LogP contribution in [0.3, 0.4) is 0 Å². The third kappa shape index (κ3) is 1.69. The van der Waals surface area contributed by atoms with E-state index in [0.29, 0.717) is 12.1 Å². The summed E-state index contributed by atoms with van der Waals surface area (Å²) in [5, 5.41) is 0. The third-order valence-electron chi connectivity index (χ3n) is 1.08. The van der Waals surface area contributed by atoms with Crippen LogP contribution in [-0.2, 0) is 6.18 Å². The molecule has 1 nitrogen and oxygen atoms in total. The molecule has 1 rings (SSSR count). The Bertz CT molecular complexity index is 292. The van der Waals surface area contributed by atoms with Crippen LogP contribution in [0, 0.1) is 11.8 Å². The van der Waals surface area contributed by atoms with Gasteiger partial charge in [0.05, 0.1) is 0 Å². The first-order chi connectivity index (χ1) is 5.41. The summed E-state index contributed by atoms with van der Waals surface area (Å²) in [6.45, 7) is 0. The molecule has 0 aromatic carbocycles. The molecule has 0 atom stereocenters. The predicted molar refractivity (Wildman–Crippen MR) is 29.2 cm³/mol. The summed E-state index contributed by atoms with van der Waals surface area (Å²) in [6.07, 6.45) is -4.95. The fourth-order valence-corrected chi connectivity index (χ4v) is 0.617. The van der Waals surface area contributed by atoms with Crippen LogP contribution < -0.4 is 0 Å². The van der Waals surface area contributed by atoms with Gasteiger partial charge in [0, 0.05) is 0 Å². The number of pyridine rings is 1. The molecule has 0 N–H and O–H groups in total. The van der Waals surface area contributed by atoms with Crippen molar-refractivity contribution >= 4 is 0 Å². The summed E-state index contributed by atoms with van der Waals surface area (Å²) in [6, 6.07) is 0.899. The van der Waals surface area contributed by atoms with Gasteiger partial charge in [0.1, 0.15) is 0 Å². The minimum absolute atomic E-state index is 0.380. The Balaban J connectivity index is 3.23. The Hall–Kier alpha value is -1.20. The van der Waals surface area contributed by atoms with Gasteiger partial charge in [0.15, 0.2) is 11.5 Å². The molecule has 1 heterocycles. The van der Waals surface area contributed by atoms with Gasteiger partial charge in [-0.3, -0.25) is 0 Å². The van der Waals surface area contributed by atoms with E-state index in [1.807, 2.05) is 0 Å². The van der Waals surface area contributed by atoms with Crippen molar-refractivity contribution in [3.8, 4) is 0 Å². The summed E-state index contributed by atoms with van der Waals surface area (Å²) in [4.78, 5) is 2.38. The van der Waals surface area contributed by atoms with E-state index in [1.165, 1.54) is 0 Å². The highest BCUT2D eigenvalue weighted by molar-refractivity contribution is 5.10. The van der Waals surface area contributed by atoms with Gasteiger partial charge in [0.2, 0.25) is 5.95 Å². The van der Waals surface area contributed by atoms with Crippen LogP contribution in [0.1, 0.15) is 5.69 Å². The zero-order chi connectivity index (χ0) is 9.35. The largest absolute Gasteiger partial charge is 0.436 e. The maximum atomic E-state index is 12.3. The smallest absolute Gasteiger partial charge is 0.212 e. The van der Waals surface area contributed by atoms with Crippen LogP contribution in [-0.4, -0.2) is 4.98 Å². The molecule has 1 aromatic heterocycles. The molecule has 0 unspecified atom stereocenters. The zero-order valence-electron chi connectivity index (χ0n) is 5.49. The Labute approximate surface area is 63.8 Å². The van der Waals surface area contributed by atoms with E-state index in [2.05, 4.69) is 4.98 Å². The minimum Gasteiger partial charge on any atom is -0.212 e. The minimum atomic E-state index is -4.95. The van der Waals surface area contributed by atoms with Gasteiger partial charge >= 0.3 is 6.18 Å². The molecule has 0 saturated carbocycles. The molecule has 0 radical (unpaired) electrons. The normalized spacial score (nSPS) is 11.8. The second-order valence-corrected chi connectivity index (χ2v) is 1.96. The Morgan fingerprint density at radius 1 is 1.08 bits per heavy atom.